The van der Waals surface area contributed by atoms with E-state index in [4.69, 9.17) is 5.11 Å². The lowest BCUT2D eigenvalue weighted by Crippen LogP contribution is -2.14. The first-order valence-corrected chi connectivity index (χ1v) is 3.84. The van der Waals surface area contributed by atoms with Gasteiger partial charge in [0.05, 0.1) is 0 Å². The Bertz CT molecular complexity index is 240. The van der Waals surface area contributed by atoms with Crippen LogP contribution in [0.2, 0.25) is 0 Å². The van der Waals surface area contributed by atoms with E-state index in [0.29, 0.717) is 0 Å². The van der Waals surface area contributed by atoms with Gasteiger partial charge in [-0.2, -0.15) is 0 Å². The van der Waals surface area contributed by atoms with Crippen molar-refractivity contribution in [3.8, 4) is 0 Å². The Morgan fingerprint density at radius 2 is 2.08 bits per heavy atom. The molecule has 0 aliphatic carbocycles. The zero-order chi connectivity index (χ0) is 10.3. The lowest BCUT2D eigenvalue weighted by atomic mass is 10.3. The van der Waals surface area contributed by atoms with Crippen LogP contribution in [0.15, 0.2) is 24.3 Å². The average Bonchev–Trinajstić information content (AvgIpc) is 2.10. The summed E-state index contributed by atoms with van der Waals surface area (Å²) >= 11 is 0. The van der Waals surface area contributed by atoms with Gasteiger partial charge in [0, 0.05) is 0 Å². The summed E-state index contributed by atoms with van der Waals surface area (Å²) in [5, 5.41) is 8.34. The third-order valence-corrected chi connectivity index (χ3v) is 1.22. The Morgan fingerprint density at radius 1 is 1.46 bits per heavy atom. The van der Waals surface area contributed by atoms with Gasteiger partial charge >= 0.3 is 11.9 Å². The number of aliphatic carboxylic acids is 1. The highest BCUT2D eigenvalue weighted by Crippen LogP contribution is 1.94. The Kier molecular flexibility index (Phi) is 5.27. The number of ether oxygens (including phenoxy) is 1. The van der Waals surface area contributed by atoms with Gasteiger partial charge in [0.25, 0.3) is 0 Å². The molecule has 0 saturated heterocycles. The molecule has 0 atom stereocenters. The summed E-state index contributed by atoms with van der Waals surface area (Å²) in [5.41, 5.74) is -0.551. The molecule has 0 aromatic rings. The van der Waals surface area contributed by atoms with E-state index in [-0.39, 0.29) is 6.61 Å². The monoisotopic (exact) mass is 184 g/mol. The molecule has 0 aromatic carbocycles. The van der Waals surface area contributed by atoms with E-state index in [1.54, 1.807) is 6.08 Å². The molecule has 0 aromatic heterocycles. The van der Waals surface area contributed by atoms with Crippen molar-refractivity contribution in [2.45, 2.75) is 13.3 Å². The smallest absolute Gasteiger partial charge is 0.345 e. The highest BCUT2D eigenvalue weighted by atomic mass is 16.5. The molecule has 0 aliphatic rings. The van der Waals surface area contributed by atoms with Gasteiger partial charge in [-0.1, -0.05) is 25.7 Å². The fourth-order valence-corrected chi connectivity index (χ4v) is 0.533. The topological polar surface area (TPSA) is 63.6 Å². The molecular formula is C9H12O4. The van der Waals surface area contributed by atoms with E-state index in [1.807, 2.05) is 13.0 Å². The molecule has 0 spiro atoms. The number of hydrogen-bond donors (Lipinski definition) is 1. The van der Waals surface area contributed by atoms with Gasteiger partial charge in [0.15, 0.2) is 0 Å². The number of carboxylic acids is 1. The Labute approximate surface area is 76.5 Å². The zero-order valence-electron chi connectivity index (χ0n) is 7.45. The van der Waals surface area contributed by atoms with Crippen molar-refractivity contribution >= 4 is 11.9 Å². The lowest BCUT2D eigenvalue weighted by molar-refractivity contribution is -0.143. The van der Waals surface area contributed by atoms with Crippen molar-refractivity contribution in [1.82, 2.24) is 0 Å². The van der Waals surface area contributed by atoms with E-state index in [2.05, 4.69) is 11.3 Å². The molecule has 0 aliphatic heterocycles. The van der Waals surface area contributed by atoms with Gasteiger partial charge in [0.2, 0.25) is 0 Å². The highest BCUT2D eigenvalue weighted by molar-refractivity contribution is 6.12. The van der Waals surface area contributed by atoms with Crippen LogP contribution in [0.5, 0.6) is 0 Å². The predicted octanol–water partition coefficient (Wildman–Crippen LogP) is 1.14. The van der Waals surface area contributed by atoms with Crippen molar-refractivity contribution in [3.63, 3.8) is 0 Å². The van der Waals surface area contributed by atoms with Crippen LogP contribution in [0.4, 0.5) is 0 Å². The minimum absolute atomic E-state index is 0.0823. The number of rotatable bonds is 5. The van der Waals surface area contributed by atoms with Gasteiger partial charge in [-0.15, -0.1) is 0 Å². The Hall–Kier alpha value is -1.58. The first-order chi connectivity index (χ1) is 6.09. The molecule has 13 heavy (non-hydrogen) atoms. The fraction of sp³-hybridized carbons (Fsp3) is 0.333. The van der Waals surface area contributed by atoms with Gasteiger partial charge < -0.3 is 9.84 Å². The molecule has 0 heterocycles. The maximum atomic E-state index is 10.8. The second kappa shape index (κ2) is 5.99. The molecule has 0 bridgehead atoms. The molecule has 0 unspecified atom stereocenters. The third-order valence-electron chi connectivity index (χ3n) is 1.22. The summed E-state index contributed by atoms with van der Waals surface area (Å²) in [4.78, 5) is 21.0. The highest BCUT2D eigenvalue weighted by Gasteiger charge is 2.14. The number of esters is 1. The van der Waals surface area contributed by atoms with Crippen LogP contribution >= 0.6 is 0 Å². The van der Waals surface area contributed by atoms with E-state index < -0.39 is 17.5 Å². The largest absolute Gasteiger partial charge is 0.477 e. The van der Waals surface area contributed by atoms with Crippen molar-refractivity contribution in [3.05, 3.63) is 24.3 Å². The molecule has 4 nitrogen and oxygen atoms in total. The summed E-state index contributed by atoms with van der Waals surface area (Å²) in [7, 11) is 0. The minimum atomic E-state index is -1.36. The SMILES string of the molecule is C=C(C(=O)O)C(=O)OCC=CCC. The third kappa shape index (κ3) is 4.79. The summed E-state index contributed by atoms with van der Waals surface area (Å²) in [6, 6.07) is 0. The van der Waals surface area contributed by atoms with E-state index in [9.17, 15) is 9.59 Å². The van der Waals surface area contributed by atoms with Crippen molar-refractivity contribution < 1.29 is 19.4 Å². The molecule has 0 rings (SSSR count). The maximum Gasteiger partial charge on any atom is 0.345 e. The average molecular weight is 184 g/mol. The minimum Gasteiger partial charge on any atom is -0.477 e. The first-order valence-electron chi connectivity index (χ1n) is 3.84. The normalized spacial score (nSPS) is 9.92. The molecule has 72 valence electrons. The van der Waals surface area contributed by atoms with Crippen molar-refractivity contribution in [2.24, 2.45) is 0 Å². The zero-order valence-corrected chi connectivity index (χ0v) is 7.45. The van der Waals surface area contributed by atoms with Gasteiger partial charge in [-0.05, 0) is 6.42 Å². The fourth-order valence-electron chi connectivity index (χ4n) is 0.533. The second-order valence-corrected chi connectivity index (χ2v) is 2.26. The second-order valence-electron chi connectivity index (χ2n) is 2.26. The molecule has 0 fully saturated rings. The van der Waals surface area contributed by atoms with Crippen molar-refractivity contribution in [1.29, 1.82) is 0 Å². The summed E-state index contributed by atoms with van der Waals surface area (Å²) in [5.74, 6) is -2.25. The van der Waals surface area contributed by atoms with Gasteiger partial charge in [0.1, 0.15) is 12.2 Å². The summed E-state index contributed by atoms with van der Waals surface area (Å²) in [6.45, 7) is 5.08. The first kappa shape index (κ1) is 11.4. The molecule has 0 saturated carbocycles. The van der Waals surface area contributed by atoms with Crippen LogP contribution in [-0.4, -0.2) is 23.7 Å². The Balaban J connectivity index is 3.82. The van der Waals surface area contributed by atoms with Gasteiger partial charge in [-0.3, -0.25) is 0 Å². The molecule has 0 amide bonds. The predicted molar refractivity (Wildman–Crippen MR) is 47.2 cm³/mol. The van der Waals surface area contributed by atoms with E-state index >= 15 is 0 Å². The molecule has 1 N–H and O–H groups in total. The van der Waals surface area contributed by atoms with Crippen LogP contribution < -0.4 is 0 Å². The number of carboxylic acid groups (broad SMARTS) is 1. The van der Waals surface area contributed by atoms with Crippen LogP contribution in [0.1, 0.15) is 13.3 Å². The number of carbonyl (C=O) groups excluding carboxylic acids is 1. The standard InChI is InChI=1S/C9H12O4/c1-3-4-5-6-13-9(12)7(2)8(10)11/h4-5H,2-3,6H2,1H3,(H,10,11). The number of hydrogen-bond acceptors (Lipinski definition) is 3. The van der Waals surface area contributed by atoms with Gasteiger partial charge in [-0.25, -0.2) is 9.59 Å². The van der Waals surface area contributed by atoms with Crippen LogP contribution in [0, 0.1) is 0 Å². The maximum absolute atomic E-state index is 10.8. The summed E-state index contributed by atoms with van der Waals surface area (Å²) < 4.78 is 4.56. The molecule has 4 heteroatoms. The van der Waals surface area contributed by atoms with E-state index in [0.717, 1.165) is 6.42 Å². The molecule has 0 radical (unpaired) electrons. The Morgan fingerprint density at radius 3 is 2.54 bits per heavy atom. The quantitative estimate of drug-likeness (QED) is 0.229. The number of carbonyl (C=O) groups is 2. The van der Waals surface area contributed by atoms with Crippen molar-refractivity contribution in [2.75, 3.05) is 6.61 Å². The number of allylic oxidation sites excluding steroid dienone is 1. The van der Waals surface area contributed by atoms with E-state index in [1.165, 1.54) is 0 Å². The summed E-state index contributed by atoms with van der Waals surface area (Å²) in [6.07, 6.45) is 4.31. The van der Waals surface area contributed by atoms with Crippen LogP contribution in [0.25, 0.3) is 0 Å². The molecular weight excluding hydrogens is 172 g/mol. The lowest BCUT2D eigenvalue weighted by Gasteiger charge is -1.99. The van der Waals surface area contributed by atoms with Crippen LogP contribution in [0.3, 0.4) is 0 Å². The van der Waals surface area contributed by atoms with Crippen LogP contribution in [-0.2, 0) is 14.3 Å².